The summed E-state index contributed by atoms with van der Waals surface area (Å²) >= 11 is 0. The number of hydrogen-bond donors (Lipinski definition) is 1. The van der Waals surface area contributed by atoms with E-state index in [1.807, 2.05) is 13.8 Å². The van der Waals surface area contributed by atoms with Crippen molar-refractivity contribution in [1.82, 2.24) is 19.7 Å². The molecule has 1 aliphatic carbocycles. The Balaban J connectivity index is 2.00. The number of halogens is 1. The van der Waals surface area contributed by atoms with Crippen LogP contribution in [0.15, 0.2) is 24.3 Å². The van der Waals surface area contributed by atoms with Crippen LogP contribution in [-0.4, -0.2) is 49.2 Å². The molecule has 1 saturated carbocycles. The Morgan fingerprint density at radius 2 is 2.04 bits per heavy atom. The SMILES string of the molecule is CC(C)c1nc(C(=O)N(CC(=O)O)C2CC2)nn1-c1ccccc1F. The van der Waals surface area contributed by atoms with Crippen LogP contribution in [0.2, 0.25) is 0 Å². The lowest BCUT2D eigenvalue weighted by Crippen LogP contribution is -2.38. The van der Waals surface area contributed by atoms with E-state index in [0.29, 0.717) is 5.82 Å². The molecule has 132 valence electrons. The highest BCUT2D eigenvalue weighted by Gasteiger charge is 2.36. The van der Waals surface area contributed by atoms with Crippen LogP contribution in [0.25, 0.3) is 5.69 Å². The second kappa shape index (κ2) is 6.62. The van der Waals surface area contributed by atoms with Crippen molar-refractivity contribution in [3.8, 4) is 5.69 Å². The summed E-state index contributed by atoms with van der Waals surface area (Å²) in [6.07, 6.45) is 1.54. The first kappa shape index (κ1) is 17.1. The molecule has 1 aromatic heterocycles. The van der Waals surface area contributed by atoms with E-state index in [9.17, 15) is 14.0 Å². The van der Waals surface area contributed by atoms with E-state index < -0.39 is 24.2 Å². The molecule has 0 atom stereocenters. The summed E-state index contributed by atoms with van der Waals surface area (Å²) in [6.45, 7) is 3.34. The summed E-state index contributed by atoms with van der Waals surface area (Å²) in [5.41, 5.74) is 0.203. The van der Waals surface area contributed by atoms with Crippen molar-refractivity contribution in [3.05, 3.63) is 41.7 Å². The molecule has 25 heavy (non-hydrogen) atoms. The van der Waals surface area contributed by atoms with Gasteiger partial charge in [-0.1, -0.05) is 26.0 Å². The second-order valence-corrected chi connectivity index (χ2v) is 6.37. The fourth-order valence-electron chi connectivity index (χ4n) is 2.62. The predicted octanol–water partition coefficient (Wildman–Crippen LogP) is 2.22. The zero-order valence-electron chi connectivity index (χ0n) is 14.0. The van der Waals surface area contributed by atoms with Gasteiger partial charge in [0.05, 0.1) is 0 Å². The van der Waals surface area contributed by atoms with Crippen molar-refractivity contribution < 1.29 is 19.1 Å². The molecule has 0 spiro atoms. The normalized spacial score (nSPS) is 13.9. The summed E-state index contributed by atoms with van der Waals surface area (Å²) < 4.78 is 15.5. The van der Waals surface area contributed by atoms with Crippen molar-refractivity contribution in [2.75, 3.05) is 6.54 Å². The van der Waals surface area contributed by atoms with Gasteiger partial charge < -0.3 is 10.0 Å². The number of aliphatic carboxylic acids is 1. The number of carboxylic acid groups (broad SMARTS) is 1. The van der Waals surface area contributed by atoms with Gasteiger partial charge in [-0.05, 0) is 25.0 Å². The van der Waals surface area contributed by atoms with Crippen LogP contribution in [0.5, 0.6) is 0 Å². The standard InChI is InChI=1S/C17H19FN4O3/c1-10(2)16-19-15(17(25)21(9-14(23)24)11-7-8-11)20-22(16)13-6-4-3-5-12(13)18/h3-6,10-11H,7-9H2,1-2H3,(H,23,24). The molecule has 0 aliphatic heterocycles. The van der Waals surface area contributed by atoms with Gasteiger partial charge in [-0.3, -0.25) is 9.59 Å². The van der Waals surface area contributed by atoms with Crippen molar-refractivity contribution in [2.24, 2.45) is 0 Å². The summed E-state index contributed by atoms with van der Waals surface area (Å²) in [4.78, 5) is 29.3. The Kier molecular flexibility index (Phi) is 4.52. The number of amides is 1. The van der Waals surface area contributed by atoms with Crippen LogP contribution in [0.1, 0.15) is 49.1 Å². The van der Waals surface area contributed by atoms with Crippen LogP contribution in [0.3, 0.4) is 0 Å². The molecule has 1 aromatic carbocycles. The quantitative estimate of drug-likeness (QED) is 0.866. The van der Waals surface area contributed by atoms with Gasteiger partial charge in [-0.15, -0.1) is 5.10 Å². The molecule has 0 unspecified atom stereocenters. The lowest BCUT2D eigenvalue weighted by molar-refractivity contribution is -0.137. The van der Waals surface area contributed by atoms with Gasteiger partial charge >= 0.3 is 5.97 Å². The predicted molar refractivity (Wildman–Crippen MR) is 87.1 cm³/mol. The molecule has 0 bridgehead atoms. The van der Waals surface area contributed by atoms with Gasteiger partial charge in [-0.25, -0.2) is 14.1 Å². The highest BCUT2D eigenvalue weighted by Crippen LogP contribution is 2.28. The van der Waals surface area contributed by atoms with E-state index >= 15 is 0 Å². The first-order chi connectivity index (χ1) is 11.9. The van der Waals surface area contributed by atoms with Crippen LogP contribution in [0.4, 0.5) is 4.39 Å². The monoisotopic (exact) mass is 346 g/mol. The zero-order chi connectivity index (χ0) is 18.1. The van der Waals surface area contributed by atoms with Crippen molar-refractivity contribution in [1.29, 1.82) is 0 Å². The number of carboxylic acids is 1. The minimum Gasteiger partial charge on any atom is -0.480 e. The van der Waals surface area contributed by atoms with E-state index in [-0.39, 0.29) is 23.5 Å². The molecule has 8 heteroatoms. The molecule has 1 aliphatic rings. The van der Waals surface area contributed by atoms with Gasteiger partial charge in [0.2, 0.25) is 5.82 Å². The molecule has 1 amide bonds. The Labute approximate surface area is 144 Å². The Morgan fingerprint density at radius 3 is 2.60 bits per heavy atom. The topological polar surface area (TPSA) is 88.3 Å². The van der Waals surface area contributed by atoms with E-state index in [1.165, 1.54) is 15.6 Å². The van der Waals surface area contributed by atoms with Gasteiger partial charge in [-0.2, -0.15) is 0 Å². The van der Waals surface area contributed by atoms with Crippen molar-refractivity contribution >= 4 is 11.9 Å². The first-order valence-electron chi connectivity index (χ1n) is 8.13. The number of carbonyl (C=O) groups excluding carboxylic acids is 1. The van der Waals surface area contributed by atoms with E-state index in [0.717, 1.165) is 12.8 Å². The fourth-order valence-corrected chi connectivity index (χ4v) is 2.62. The number of hydrogen-bond acceptors (Lipinski definition) is 4. The van der Waals surface area contributed by atoms with Gasteiger partial charge in [0, 0.05) is 12.0 Å². The molecule has 0 radical (unpaired) electrons. The summed E-state index contributed by atoms with van der Waals surface area (Å²) in [6, 6.07) is 6.01. The minimum atomic E-state index is -1.09. The minimum absolute atomic E-state index is 0.0912. The molecule has 1 fully saturated rings. The average Bonchev–Trinajstić information content (AvgIpc) is 3.30. The third-order valence-corrected chi connectivity index (χ3v) is 3.97. The number of nitrogens with zero attached hydrogens (tertiary/aromatic N) is 4. The van der Waals surface area contributed by atoms with Gasteiger partial charge in [0.1, 0.15) is 23.9 Å². The third-order valence-electron chi connectivity index (χ3n) is 3.97. The fraction of sp³-hybridized carbons (Fsp3) is 0.412. The molecule has 1 N–H and O–H groups in total. The molecular weight excluding hydrogens is 327 g/mol. The summed E-state index contributed by atoms with van der Waals surface area (Å²) in [5, 5.41) is 13.2. The number of benzene rings is 1. The van der Waals surface area contributed by atoms with Crippen LogP contribution in [-0.2, 0) is 4.79 Å². The Hall–Kier alpha value is -2.77. The highest BCUT2D eigenvalue weighted by molar-refractivity contribution is 5.93. The average molecular weight is 346 g/mol. The molecule has 3 rings (SSSR count). The van der Waals surface area contributed by atoms with E-state index in [1.54, 1.807) is 18.2 Å². The van der Waals surface area contributed by atoms with Crippen LogP contribution in [0, 0.1) is 5.82 Å². The number of aromatic nitrogens is 3. The molecule has 2 aromatic rings. The third kappa shape index (κ3) is 3.52. The Bertz CT molecular complexity index is 814. The van der Waals surface area contributed by atoms with Crippen molar-refractivity contribution in [2.45, 2.75) is 38.6 Å². The summed E-state index contributed by atoms with van der Waals surface area (Å²) in [7, 11) is 0. The lowest BCUT2D eigenvalue weighted by atomic mass is 10.2. The Morgan fingerprint density at radius 1 is 1.36 bits per heavy atom. The number of rotatable bonds is 6. The van der Waals surface area contributed by atoms with E-state index in [2.05, 4.69) is 10.1 Å². The highest BCUT2D eigenvalue weighted by atomic mass is 19.1. The largest absolute Gasteiger partial charge is 0.480 e. The van der Waals surface area contributed by atoms with Crippen molar-refractivity contribution in [3.63, 3.8) is 0 Å². The summed E-state index contributed by atoms with van der Waals surface area (Å²) in [5.74, 6) is -1.86. The number of carbonyl (C=O) groups is 2. The molecule has 0 saturated heterocycles. The maximum atomic E-state index is 14.1. The molecular formula is C17H19FN4O3. The maximum absolute atomic E-state index is 14.1. The van der Waals surface area contributed by atoms with Crippen LogP contribution < -0.4 is 0 Å². The molecule has 7 nitrogen and oxygen atoms in total. The van der Waals surface area contributed by atoms with E-state index in [4.69, 9.17) is 5.11 Å². The zero-order valence-corrected chi connectivity index (χ0v) is 14.0. The second-order valence-electron chi connectivity index (χ2n) is 6.37. The van der Waals surface area contributed by atoms with Gasteiger partial charge in [0.15, 0.2) is 0 Å². The lowest BCUT2D eigenvalue weighted by Gasteiger charge is -2.18. The van der Waals surface area contributed by atoms with Gasteiger partial charge in [0.25, 0.3) is 5.91 Å². The smallest absolute Gasteiger partial charge is 0.323 e. The maximum Gasteiger partial charge on any atom is 0.323 e. The van der Waals surface area contributed by atoms with Crippen LogP contribution >= 0.6 is 0 Å². The first-order valence-corrected chi connectivity index (χ1v) is 8.13. The number of para-hydroxylation sites is 1. The molecule has 1 heterocycles.